The monoisotopic (exact) mass is 423 g/mol. The molecule has 0 spiro atoms. The molecule has 134 valence electrons. The molecule has 2 aliphatic rings. The second-order valence-electron chi connectivity index (χ2n) is 6.23. The van der Waals surface area contributed by atoms with Gasteiger partial charge in [-0.05, 0) is 46.3 Å². The van der Waals surface area contributed by atoms with Crippen LogP contribution in [0.15, 0.2) is 53.1 Å². The molecule has 2 aromatic carbocycles. The minimum Gasteiger partial charge on any atom is -0.454 e. The molecule has 0 radical (unpaired) electrons. The lowest BCUT2D eigenvalue weighted by atomic mass is 10.00. The van der Waals surface area contributed by atoms with Crippen molar-refractivity contribution in [3.8, 4) is 11.5 Å². The first-order chi connectivity index (χ1) is 13.2. The number of carbonyl (C=O) groups is 1. The van der Waals surface area contributed by atoms with Crippen molar-refractivity contribution in [3.05, 3.63) is 69.8 Å². The number of nitrogens with one attached hydrogen (secondary N) is 2. The summed E-state index contributed by atoms with van der Waals surface area (Å²) in [7, 11) is 0. The summed E-state index contributed by atoms with van der Waals surface area (Å²) in [6.45, 7) is 0.794. The summed E-state index contributed by atoms with van der Waals surface area (Å²) in [5.41, 5.74) is 3.68. The average molecular weight is 424 g/mol. The van der Waals surface area contributed by atoms with Gasteiger partial charge in [-0.2, -0.15) is 0 Å². The van der Waals surface area contributed by atoms with Gasteiger partial charge in [-0.15, -0.1) is 0 Å². The van der Waals surface area contributed by atoms with Crippen LogP contribution in [0.3, 0.4) is 0 Å². The van der Waals surface area contributed by atoms with Crippen LogP contribution in [-0.2, 0) is 6.54 Å². The highest BCUT2D eigenvalue weighted by Crippen LogP contribution is 2.40. The number of halogens is 1. The molecule has 0 atom stereocenters. The predicted molar refractivity (Wildman–Crippen MR) is 105 cm³/mol. The van der Waals surface area contributed by atoms with Crippen molar-refractivity contribution in [2.24, 2.45) is 0 Å². The second-order valence-corrected chi connectivity index (χ2v) is 7.09. The van der Waals surface area contributed by atoms with E-state index >= 15 is 0 Å². The number of carbonyl (C=O) groups excluding carboxylic acids is 1. The standard InChI is InChI=1S/C20H14BrN3O3/c21-14-8-17-16(26-10-27-17)7-13(14)19(25)12-4-1-5-15-18(12)24-20-11(9-23-15)3-2-6-22-20/h1-8,23H,9-10H2,(H,22,24). The molecule has 3 heterocycles. The van der Waals surface area contributed by atoms with Crippen LogP contribution in [-0.4, -0.2) is 17.6 Å². The Kier molecular flexibility index (Phi) is 3.75. The van der Waals surface area contributed by atoms with Gasteiger partial charge in [0.1, 0.15) is 5.82 Å². The lowest BCUT2D eigenvalue weighted by Gasteiger charge is -2.14. The fraction of sp³-hybridized carbons (Fsp3) is 0.100. The van der Waals surface area contributed by atoms with Crippen LogP contribution >= 0.6 is 15.9 Å². The van der Waals surface area contributed by atoms with Crippen LogP contribution in [0.4, 0.5) is 17.2 Å². The van der Waals surface area contributed by atoms with E-state index in [9.17, 15) is 4.79 Å². The summed E-state index contributed by atoms with van der Waals surface area (Å²) in [6, 6.07) is 13.0. The SMILES string of the molecule is O=C(c1cc2c(cc1Br)OCO2)c1cccc2c1Nc1ncccc1CN2. The smallest absolute Gasteiger partial charge is 0.231 e. The Morgan fingerprint density at radius 2 is 1.93 bits per heavy atom. The van der Waals surface area contributed by atoms with Gasteiger partial charge in [0.25, 0.3) is 0 Å². The fourth-order valence-electron chi connectivity index (χ4n) is 3.26. The van der Waals surface area contributed by atoms with Gasteiger partial charge in [0.15, 0.2) is 17.3 Å². The molecular formula is C20H14BrN3O3. The molecule has 0 fully saturated rings. The minimum atomic E-state index is -0.120. The first-order valence-corrected chi connectivity index (χ1v) is 9.21. The first kappa shape index (κ1) is 16.1. The third-order valence-electron chi connectivity index (χ3n) is 4.62. The van der Waals surface area contributed by atoms with Gasteiger partial charge in [-0.25, -0.2) is 4.98 Å². The second kappa shape index (κ2) is 6.28. The molecule has 0 aliphatic carbocycles. The Labute approximate surface area is 163 Å². The third kappa shape index (κ3) is 2.71. The van der Waals surface area contributed by atoms with Crippen LogP contribution in [0.1, 0.15) is 21.5 Å². The number of benzene rings is 2. The molecule has 27 heavy (non-hydrogen) atoms. The lowest BCUT2D eigenvalue weighted by molar-refractivity contribution is 0.103. The van der Waals surface area contributed by atoms with Crippen molar-refractivity contribution in [2.75, 3.05) is 17.4 Å². The van der Waals surface area contributed by atoms with Crippen LogP contribution in [0, 0.1) is 0 Å². The number of nitrogens with zero attached hydrogens (tertiary/aromatic N) is 1. The first-order valence-electron chi connectivity index (χ1n) is 8.42. The molecular weight excluding hydrogens is 410 g/mol. The Morgan fingerprint density at radius 1 is 1.07 bits per heavy atom. The zero-order valence-electron chi connectivity index (χ0n) is 14.1. The quantitative estimate of drug-likeness (QED) is 0.592. The van der Waals surface area contributed by atoms with Crippen molar-refractivity contribution in [2.45, 2.75) is 6.54 Å². The minimum absolute atomic E-state index is 0.120. The van der Waals surface area contributed by atoms with E-state index in [1.54, 1.807) is 24.4 Å². The molecule has 2 aliphatic heterocycles. The van der Waals surface area contributed by atoms with E-state index in [0.29, 0.717) is 39.3 Å². The highest BCUT2D eigenvalue weighted by Gasteiger charge is 2.24. The van der Waals surface area contributed by atoms with Gasteiger partial charge in [-0.1, -0.05) is 12.1 Å². The molecule has 0 saturated heterocycles. The number of ether oxygens (including phenoxy) is 2. The zero-order valence-corrected chi connectivity index (χ0v) is 15.7. The number of rotatable bonds is 2. The van der Waals surface area contributed by atoms with Gasteiger partial charge < -0.3 is 20.1 Å². The van der Waals surface area contributed by atoms with Gasteiger partial charge in [-0.3, -0.25) is 4.79 Å². The average Bonchev–Trinajstić information content (AvgIpc) is 3.04. The van der Waals surface area contributed by atoms with Crippen molar-refractivity contribution in [3.63, 3.8) is 0 Å². The van der Waals surface area contributed by atoms with E-state index in [2.05, 4.69) is 31.5 Å². The Balaban J connectivity index is 1.61. The number of anilines is 3. The predicted octanol–water partition coefficient (Wildman–Crippen LogP) is 4.47. The molecule has 7 heteroatoms. The summed E-state index contributed by atoms with van der Waals surface area (Å²) >= 11 is 3.48. The number of para-hydroxylation sites is 1. The summed E-state index contributed by atoms with van der Waals surface area (Å²) in [4.78, 5) is 17.8. The lowest BCUT2D eigenvalue weighted by Crippen LogP contribution is -2.08. The Bertz CT molecular complexity index is 1080. The summed E-state index contributed by atoms with van der Waals surface area (Å²) in [5.74, 6) is 1.82. The van der Waals surface area contributed by atoms with Crippen LogP contribution in [0.5, 0.6) is 11.5 Å². The molecule has 5 rings (SSSR count). The molecule has 3 aromatic rings. The normalized spacial score (nSPS) is 13.7. The van der Waals surface area contributed by atoms with Gasteiger partial charge >= 0.3 is 0 Å². The van der Waals surface area contributed by atoms with Crippen LogP contribution in [0.25, 0.3) is 0 Å². The number of aromatic nitrogens is 1. The van der Waals surface area contributed by atoms with E-state index < -0.39 is 0 Å². The third-order valence-corrected chi connectivity index (χ3v) is 5.28. The molecule has 0 unspecified atom stereocenters. The van der Waals surface area contributed by atoms with E-state index in [0.717, 1.165) is 17.1 Å². The Morgan fingerprint density at radius 3 is 2.81 bits per heavy atom. The zero-order chi connectivity index (χ0) is 18.4. The Hall–Kier alpha value is -3.06. The van der Waals surface area contributed by atoms with Crippen molar-refractivity contribution < 1.29 is 14.3 Å². The van der Waals surface area contributed by atoms with E-state index in [1.165, 1.54) is 0 Å². The molecule has 0 saturated carbocycles. The molecule has 1 aromatic heterocycles. The summed E-state index contributed by atoms with van der Waals surface area (Å²) in [5, 5.41) is 6.70. The molecule has 6 nitrogen and oxygen atoms in total. The number of hydrogen-bond acceptors (Lipinski definition) is 6. The van der Waals surface area contributed by atoms with E-state index in [1.807, 2.05) is 24.3 Å². The number of ketones is 1. The van der Waals surface area contributed by atoms with Gasteiger partial charge in [0.05, 0.1) is 11.4 Å². The van der Waals surface area contributed by atoms with Crippen molar-refractivity contribution in [1.29, 1.82) is 0 Å². The van der Waals surface area contributed by atoms with Gasteiger partial charge in [0.2, 0.25) is 6.79 Å². The van der Waals surface area contributed by atoms with Crippen LogP contribution < -0.4 is 20.1 Å². The molecule has 0 bridgehead atoms. The fourth-order valence-corrected chi connectivity index (χ4v) is 3.76. The largest absolute Gasteiger partial charge is 0.454 e. The maximum Gasteiger partial charge on any atom is 0.231 e. The van der Waals surface area contributed by atoms with Crippen molar-refractivity contribution >= 4 is 38.9 Å². The topological polar surface area (TPSA) is 72.5 Å². The number of hydrogen-bond donors (Lipinski definition) is 2. The summed E-state index contributed by atoms with van der Waals surface area (Å²) in [6.07, 6.45) is 1.73. The highest BCUT2D eigenvalue weighted by atomic mass is 79.9. The maximum absolute atomic E-state index is 13.3. The maximum atomic E-state index is 13.3. The number of fused-ring (bicyclic) bond motifs is 3. The highest BCUT2D eigenvalue weighted by molar-refractivity contribution is 9.10. The number of pyridine rings is 1. The molecule has 2 N–H and O–H groups in total. The van der Waals surface area contributed by atoms with Gasteiger partial charge in [0, 0.05) is 33.9 Å². The molecule has 0 amide bonds. The van der Waals surface area contributed by atoms with E-state index in [4.69, 9.17) is 9.47 Å². The van der Waals surface area contributed by atoms with E-state index in [-0.39, 0.29) is 12.6 Å². The van der Waals surface area contributed by atoms with Crippen LogP contribution in [0.2, 0.25) is 0 Å². The summed E-state index contributed by atoms with van der Waals surface area (Å²) < 4.78 is 11.5. The van der Waals surface area contributed by atoms with Crippen molar-refractivity contribution in [1.82, 2.24) is 4.98 Å².